The van der Waals surface area contributed by atoms with Gasteiger partial charge in [0.2, 0.25) is 0 Å². The monoisotopic (exact) mass is 457 g/mol. The maximum absolute atomic E-state index is 12.2. The van der Waals surface area contributed by atoms with Crippen LogP contribution in [0.1, 0.15) is 10.4 Å². The van der Waals surface area contributed by atoms with Crippen LogP contribution < -0.4 is 16.0 Å². The first kappa shape index (κ1) is 17.9. The van der Waals surface area contributed by atoms with Crippen molar-refractivity contribution in [2.75, 3.05) is 16.0 Å². The van der Waals surface area contributed by atoms with Gasteiger partial charge in [-0.2, -0.15) is 0 Å². The van der Waals surface area contributed by atoms with Gasteiger partial charge in [0.15, 0.2) is 0 Å². The van der Waals surface area contributed by atoms with Gasteiger partial charge in [-0.15, -0.1) is 0 Å². The number of urea groups is 1. The summed E-state index contributed by atoms with van der Waals surface area (Å²) >= 11 is 2.17. The molecular weight excluding hydrogens is 441 g/mol. The molecule has 3 aromatic carbocycles. The molecule has 0 aliphatic carbocycles. The first-order valence-corrected chi connectivity index (χ1v) is 8.98. The van der Waals surface area contributed by atoms with Crippen molar-refractivity contribution in [1.29, 1.82) is 0 Å². The molecular formula is C20H16IN3O2. The van der Waals surface area contributed by atoms with Gasteiger partial charge < -0.3 is 16.0 Å². The van der Waals surface area contributed by atoms with Crippen LogP contribution in [0.4, 0.5) is 21.9 Å². The van der Waals surface area contributed by atoms with Crippen molar-refractivity contribution in [2.45, 2.75) is 0 Å². The minimum atomic E-state index is -0.327. The van der Waals surface area contributed by atoms with Crippen LogP contribution in [0, 0.1) is 3.57 Å². The van der Waals surface area contributed by atoms with Gasteiger partial charge in [-0.05, 0) is 77.2 Å². The van der Waals surface area contributed by atoms with Crippen molar-refractivity contribution in [3.63, 3.8) is 0 Å². The highest BCUT2D eigenvalue weighted by Crippen LogP contribution is 2.16. The number of carbonyl (C=O) groups is 2. The fraction of sp³-hybridized carbons (Fsp3) is 0. The first-order chi connectivity index (χ1) is 12.6. The lowest BCUT2D eigenvalue weighted by Gasteiger charge is -2.09. The highest BCUT2D eigenvalue weighted by atomic mass is 127. The van der Waals surface area contributed by atoms with E-state index in [0.29, 0.717) is 22.6 Å². The zero-order valence-electron chi connectivity index (χ0n) is 13.7. The molecule has 0 heterocycles. The number of hydrogen-bond acceptors (Lipinski definition) is 2. The molecule has 26 heavy (non-hydrogen) atoms. The topological polar surface area (TPSA) is 70.2 Å². The van der Waals surface area contributed by atoms with Crippen LogP contribution >= 0.6 is 22.6 Å². The van der Waals surface area contributed by atoms with Gasteiger partial charge in [0.25, 0.3) is 5.91 Å². The van der Waals surface area contributed by atoms with E-state index in [1.165, 1.54) is 0 Å². The van der Waals surface area contributed by atoms with E-state index in [0.717, 1.165) is 3.57 Å². The number of benzene rings is 3. The Morgan fingerprint density at radius 2 is 1.23 bits per heavy atom. The molecule has 0 aliphatic rings. The van der Waals surface area contributed by atoms with E-state index in [1.807, 2.05) is 48.5 Å². The van der Waals surface area contributed by atoms with Crippen LogP contribution in [-0.4, -0.2) is 11.9 Å². The molecule has 0 spiro atoms. The third-order valence-electron chi connectivity index (χ3n) is 3.52. The van der Waals surface area contributed by atoms with Crippen LogP contribution in [0.5, 0.6) is 0 Å². The molecule has 6 heteroatoms. The van der Waals surface area contributed by atoms with E-state index >= 15 is 0 Å². The summed E-state index contributed by atoms with van der Waals surface area (Å²) in [4.78, 5) is 24.2. The number of carbonyl (C=O) groups excluding carboxylic acids is 2. The van der Waals surface area contributed by atoms with Crippen molar-refractivity contribution in [3.8, 4) is 0 Å². The molecule has 3 aromatic rings. The molecule has 130 valence electrons. The zero-order chi connectivity index (χ0) is 18.4. The van der Waals surface area contributed by atoms with E-state index in [9.17, 15) is 9.59 Å². The van der Waals surface area contributed by atoms with Crippen LogP contribution in [0.2, 0.25) is 0 Å². The summed E-state index contributed by atoms with van der Waals surface area (Å²) in [5.41, 5.74) is 2.60. The quantitative estimate of drug-likeness (QED) is 0.472. The lowest BCUT2D eigenvalue weighted by Crippen LogP contribution is -2.19. The van der Waals surface area contributed by atoms with Crippen LogP contribution in [-0.2, 0) is 0 Å². The first-order valence-electron chi connectivity index (χ1n) is 7.90. The second-order valence-corrected chi connectivity index (χ2v) is 6.73. The summed E-state index contributed by atoms with van der Waals surface area (Å²) in [6, 6.07) is 23.2. The van der Waals surface area contributed by atoms with Crippen molar-refractivity contribution < 1.29 is 9.59 Å². The molecule has 0 unspecified atom stereocenters. The lowest BCUT2D eigenvalue weighted by molar-refractivity contribution is 0.102. The molecule has 0 saturated carbocycles. The second-order valence-electron chi connectivity index (χ2n) is 5.49. The summed E-state index contributed by atoms with van der Waals surface area (Å²) in [6.07, 6.45) is 0. The predicted molar refractivity (Wildman–Crippen MR) is 113 cm³/mol. The molecule has 0 atom stereocenters. The van der Waals surface area contributed by atoms with Crippen molar-refractivity contribution in [2.24, 2.45) is 0 Å². The Labute approximate surface area is 165 Å². The Bertz CT molecular complexity index is 912. The average molecular weight is 457 g/mol. The maximum Gasteiger partial charge on any atom is 0.323 e. The third-order valence-corrected chi connectivity index (χ3v) is 4.19. The van der Waals surface area contributed by atoms with Gasteiger partial charge in [0, 0.05) is 26.2 Å². The van der Waals surface area contributed by atoms with E-state index < -0.39 is 0 Å². The molecule has 0 aliphatic heterocycles. The Morgan fingerprint density at radius 3 is 1.85 bits per heavy atom. The molecule has 0 radical (unpaired) electrons. The number of hydrogen-bond donors (Lipinski definition) is 3. The number of rotatable bonds is 4. The van der Waals surface area contributed by atoms with Crippen molar-refractivity contribution in [3.05, 3.63) is 88.0 Å². The molecule has 0 bridgehead atoms. The average Bonchev–Trinajstić information content (AvgIpc) is 2.64. The van der Waals surface area contributed by atoms with Crippen LogP contribution in [0.3, 0.4) is 0 Å². The number of nitrogens with one attached hydrogen (secondary N) is 3. The van der Waals surface area contributed by atoms with Gasteiger partial charge in [-0.3, -0.25) is 4.79 Å². The Balaban J connectivity index is 1.58. The van der Waals surface area contributed by atoms with Crippen molar-refractivity contribution >= 4 is 51.6 Å². The SMILES string of the molecule is O=C(Nc1ccccc1)Nc1ccc(NC(=O)c2cccc(I)c2)cc1. The number of para-hydroxylation sites is 1. The maximum atomic E-state index is 12.2. The number of amides is 3. The van der Waals surface area contributed by atoms with E-state index in [2.05, 4.69) is 38.5 Å². The van der Waals surface area contributed by atoms with Gasteiger partial charge >= 0.3 is 6.03 Å². The molecule has 3 rings (SSSR count). The minimum absolute atomic E-state index is 0.175. The second kappa shape index (κ2) is 8.48. The van der Waals surface area contributed by atoms with Gasteiger partial charge in [-0.1, -0.05) is 24.3 Å². The van der Waals surface area contributed by atoms with Crippen molar-refractivity contribution in [1.82, 2.24) is 0 Å². The summed E-state index contributed by atoms with van der Waals surface area (Å²) in [5.74, 6) is -0.175. The largest absolute Gasteiger partial charge is 0.323 e. The standard InChI is InChI=1S/C20H16IN3O2/c21-15-6-4-5-14(13-15)19(25)22-17-9-11-18(12-10-17)24-20(26)23-16-7-2-1-3-8-16/h1-13H,(H,22,25)(H2,23,24,26). The zero-order valence-corrected chi connectivity index (χ0v) is 15.9. The summed E-state index contributed by atoms with van der Waals surface area (Å²) < 4.78 is 0.999. The van der Waals surface area contributed by atoms with Gasteiger partial charge in [-0.25, -0.2) is 4.79 Å². The molecule has 0 fully saturated rings. The Hall–Kier alpha value is -2.87. The highest BCUT2D eigenvalue weighted by molar-refractivity contribution is 14.1. The number of anilines is 3. The molecule has 5 nitrogen and oxygen atoms in total. The summed E-state index contributed by atoms with van der Waals surface area (Å²) in [5, 5.41) is 8.33. The van der Waals surface area contributed by atoms with Gasteiger partial charge in [0.05, 0.1) is 0 Å². The molecule has 3 amide bonds. The predicted octanol–water partition coefficient (Wildman–Crippen LogP) is 5.19. The summed E-state index contributed by atoms with van der Waals surface area (Å²) in [7, 11) is 0. The van der Waals surface area contributed by atoms with Gasteiger partial charge in [0.1, 0.15) is 0 Å². The minimum Gasteiger partial charge on any atom is -0.322 e. The van der Waals surface area contributed by atoms with E-state index in [1.54, 1.807) is 30.3 Å². The Kier molecular flexibility index (Phi) is 5.85. The molecule has 0 saturated heterocycles. The highest BCUT2D eigenvalue weighted by Gasteiger charge is 2.07. The third kappa shape index (κ3) is 5.06. The van der Waals surface area contributed by atoms with E-state index in [4.69, 9.17) is 0 Å². The Morgan fingerprint density at radius 1 is 0.654 bits per heavy atom. The van der Waals surface area contributed by atoms with Crippen LogP contribution in [0.25, 0.3) is 0 Å². The fourth-order valence-corrected chi connectivity index (χ4v) is 2.83. The fourth-order valence-electron chi connectivity index (χ4n) is 2.28. The number of halogens is 1. The van der Waals surface area contributed by atoms with E-state index in [-0.39, 0.29) is 11.9 Å². The summed E-state index contributed by atoms with van der Waals surface area (Å²) in [6.45, 7) is 0. The lowest BCUT2D eigenvalue weighted by atomic mass is 10.2. The normalized spacial score (nSPS) is 10.0. The molecule has 3 N–H and O–H groups in total. The molecule has 0 aromatic heterocycles. The van der Waals surface area contributed by atoms with Crippen LogP contribution in [0.15, 0.2) is 78.9 Å². The smallest absolute Gasteiger partial charge is 0.322 e.